The van der Waals surface area contributed by atoms with E-state index >= 15 is 0 Å². The van der Waals surface area contributed by atoms with Gasteiger partial charge in [-0.25, -0.2) is 0 Å². The quantitative estimate of drug-likeness (QED) is 0.832. The zero-order valence-electron chi connectivity index (χ0n) is 12.4. The van der Waals surface area contributed by atoms with Crippen molar-refractivity contribution in [3.8, 4) is 0 Å². The molecule has 1 N–H and O–H groups in total. The molecule has 0 aromatic heterocycles. The molecule has 1 aliphatic carbocycles. The van der Waals surface area contributed by atoms with E-state index in [-0.39, 0.29) is 6.10 Å². The summed E-state index contributed by atoms with van der Waals surface area (Å²) in [4.78, 5) is 4.91. The van der Waals surface area contributed by atoms with Gasteiger partial charge in [-0.1, -0.05) is 13.0 Å². The lowest BCUT2D eigenvalue weighted by molar-refractivity contribution is 0.0543. The van der Waals surface area contributed by atoms with Gasteiger partial charge in [-0.2, -0.15) is 0 Å². The van der Waals surface area contributed by atoms with E-state index in [0.29, 0.717) is 5.92 Å². The summed E-state index contributed by atoms with van der Waals surface area (Å²) in [5.74, 6) is 0.597. The van der Waals surface area contributed by atoms with E-state index in [4.69, 9.17) is 4.74 Å². The van der Waals surface area contributed by atoms with Gasteiger partial charge in [-0.3, -0.25) is 0 Å². The van der Waals surface area contributed by atoms with E-state index in [2.05, 4.69) is 28.9 Å². The fourth-order valence-corrected chi connectivity index (χ4v) is 3.35. The van der Waals surface area contributed by atoms with Crippen molar-refractivity contribution in [3.63, 3.8) is 0 Å². The van der Waals surface area contributed by atoms with Gasteiger partial charge in [-0.05, 0) is 31.3 Å². The van der Waals surface area contributed by atoms with Crippen molar-refractivity contribution < 1.29 is 9.84 Å². The summed E-state index contributed by atoms with van der Waals surface area (Å²) in [5.41, 5.74) is 2.82. The van der Waals surface area contributed by atoms with Crippen LogP contribution in [0.4, 0.5) is 0 Å². The lowest BCUT2D eigenvalue weighted by Gasteiger charge is -2.38. The molecule has 0 aromatic carbocycles. The minimum atomic E-state index is -0.0953. The minimum Gasteiger partial charge on any atom is -0.393 e. The van der Waals surface area contributed by atoms with Crippen LogP contribution in [0, 0.1) is 5.92 Å². The number of aliphatic hydroxyl groups is 1. The predicted molar refractivity (Wildman–Crippen MR) is 79.2 cm³/mol. The molecule has 1 atom stereocenters. The first-order valence-electron chi connectivity index (χ1n) is 7.90. The van der Waals surface area contributed by atoms with Crippen molar-refractivity contribution in [2.24, 2.45) is 5.92 Å². The number of aliphatic hydroxyl groups excluding tert-OH is 1. The number of rotatable bonds is 2. The highest BCUT2D eigenvalue weighted by molar-refractivity contribution is 5.28. The van der Waals surface area contributed by atoms with E-state index in [1.54, 1.807) is 0 Å². The van der Waals surface area contributed by atoms with Crippen LogP contribution in [0.5, 0.6) is 0 Å². The van der Waals surface area contributed by atoms with E-state index < -0.39 is 0 Å². The van der Waals surface area contributed by atoms with Crippen LogP contribution in [-0.2, 0) is 4.74 Å². The zero-order valence-corrected chi connectivity index (χ0v) is 12.4. The molecule has 4 heteroatoms. The van der Waals surface area contributed by atoms with Gasteiger partial charge in [0.15, 0.2) is 0 Å². The van der Waals surface area contributed by atoms with Crippen LogP contribution in [0.2, 0.25) is 0 Å². The van der Waals surface area contributed by atoms with Crippen molar-refractivity contribution in [2.45, 2.75) is 32.3 Å². The highest BCUT2D eigenvalue weighted by Crippen LogP contribution is 2.29. The number of hydrogen-bond acceptors (Lipinski definition) is 4. The molecule has 2 aliphatic heterocycles. The molecule has 0 aromatic rings. The fraction of sp³-hybridized carbons (Fsp3) is 0.750. The molecule has 2 fully saturated rings. The molecule has 0 radical (unpaired) electrons. The Morgan fingerprint density at radius 3 is 2.50 bits per heavy atom. The van der Waals surface area contributed by atoms with Crippen LogP contribution in [0.25, 0.3) is 0 Å². The Balaban J connectivity index is 1.70. The van der Waals surface area contributed by atoms with Crippen LogP contribution in [-0.4, -0.2) is 60.4 Å². The Labute approximate surface area is 121 Å². The summed E-state index contributed by atoms with van der Waals surface area (Å²) >= 11 is 0. The monoisotopic (exact) mass is 278 g/mol. The molecule has 3 aliphatic rings. The molecule has 0 saturated carbocycles. The second-order valence-electron chi connectivity index (χ2n) is 6.23. The molecule has 0 spiro atoms. The first-order valence-corrected chi connectivity index (χ1v) is 7.90. The number of ether oxygens (including phenoxy) is 1. The number of allylic oxidation sites excluding steroid dienone is 3. The summed E-state index contributed by atoms with van der Waals surface area (Å²) in [5, 5.41) is 9.65. The summed E-state index contributed by atoms with van der Waals surface area (Å²) in [7, 11) is 0. The normalized spacial score (nSPS) is 29.2. The molecule has 1 unspecified atom stereocenters. The largest absolute Gasteiger partial charge is 0.393 e. The van der Waals surface area contributed by atoms with Gasteiger partial charge < -0.3 is 19.6 Å². The number of nitrogens with zero attached hydrogens (tertiary/aromatic N) is 2. The van der Waals surface area contributed by atoms with Crippen molar-refractivity contribution in [3.05, 3.63) is 23.5 Å². The average molecular weight is 278 g/mol. The van der Waals surface area contributed by atoms with E-state index in [9.17, 15) is 5.11 Å². The number of likely N-dealkylation sites (tertiary alicyclic amines) is 1. The van der Waals surface area contributed by atoms with E-state index in [0.717, 1.165) is 58.7 Å². The van der Waals surface area contributed by atoms with E-state index in [1.807, 2.05) is 0 Å². The van der Waals surface area contributed by atoms with Crippen LogP contribution >= 0.6 is 0 Å². The fourth-order valence-electron chi connectivity index (χ4n) is 3.35. The first-order chi connectivity index (χ1) is 9.72. The topological polar surface area (TPSA) is 35.9 Å². The number of piperidine rings is 1. The highest BCUT2D eigenvalue weighted by Gasteiger charge is 2.24. The predicted octanol–water partition coefficient (Wildman–Crippen LogP) is 1.58. The Morgan fingerprint density at radius 1 is 1.10 bits per heavy atom. The second-order valence-corrected chi connectivity index (χ2v) is 6.23. The highest BCUT2D eigenvalue weighted by atomic mass is 16.5. The average Bonchev–Trinajstić information content (AvgIpc) is 2.48. The second kappa shape index (κ2) is 6.19. The van der Waals surface area contributed by atoms with Gasteiger partial charge in [0.05, 0.1) is 19.3 Å². The maximum Gasteiger partial charge on any atom is 0.0642 e. The Morgan fingerprint density at radius 2 is 1.80 bits per heavy atom. The van der Waals surface area contributed by atoms with Gasteiger partial charge in [0.25, 0.3) is 0 Å². The van der Waals surface area contributed by atoms with Crippen LogP contribution in [0.1, 0.15) is 26.2 Å². The SMILES string of the molecule is CC1C=C(N2CCOCC2)C=C(N2CCC(O)CC2)C1. The molecule has 4 nitrogen and oxygen atoms in total. The first kappa shape index (κ1) is 14.0. The minimum absolute atomic E-state index is 0.0953. The zero-order chi connectivity index (χ0) is 13.9. The number of morpholine rings is 1. The third kappa shape index (κ3) is 3.18. The van der Waals surface area contributed by atoms with Gasteiger partial charge in [0, 0.05) is 37.6 Å². The van der Waals surface area contributed by atoms with Crippen molar-refractivity contribution in [2.75, 3.05) is 39.4 Å². The Kier molecular flexibility index (Phi) is 4.32. The molecule has 2 saturated heterocycles. The molecule has 0 amide bonds. The summed E-state index contributed by atoms with van der Waals surface area (Å²) in [6.07, 6.45) is 7.60. The van der Waals surface area contributed by atoms with Crippen LogP contribution in [0.15, 0.2) is 23.5 Å². The lowest BCUT2D eigenvalue weighted by Crippen LogP contribution is -2.39. The summed E-state index contributed by atoms with van der Waals surface area (Å²) in [6, 6.07) is 0. The molecule has 20 heavy (non-hydrogen) atoms. The smallest absolute Gasteiger partial charge is 0.0642 e. The van der Waals surface area contributed by atoms with Crippen molar-refractivity contribution in [1.82, 2.24) is 9.80 Å². The number of hydrogen-bond donors (Lipinski definition) is 1. The molecule has 2 heterocycles. The third-order valence-electron chi connectivity index (χ3n) is 4.55. The summed E-state index contributed by atoms with van der Waals surface area (Å²) in [6.45, 7) is 7.97. The molecular formula is C16H26N2O2. The molecule has 112 valence electrons. The van der Waals surface area contributed by atoms with Gasteiger partial charge >= 0.3 is 0 Å². The Hall–Kier alpha value is -1.00. The van der Waals surface area contributed by atoms with Gasteiger partial charge in [-0.15, -0.1) is 0 Å². The summed E-state index contributed by atoms with van der Waals surface area (Å²) < 4.78 is 5.44. The third-order valence-corrected chi connectivity index (χ3v) is 4.55. The van der Waals surface area contributed by atoms with Crippen LogP contribution < -0.4 is 0 Å². The van der Waals surface area contributed by atoms with E-state index in [1.165, 1.54) is 11.4 Å². The maximum atomic E-state index is 9.65. The Bertz CT molecular complexity index is 391. The van der Waals surface area contributed by atoms with Crippen LogP contribution in [0.3, 0.4) is 0 Å². The maximum absolute atomic E-state index is 9.65. The van der Waals surface area contributed by atoms with Gasteiger partial charge in [0.1, 0.15) is 0 Å². The van der Waals surface area contributed by atoms with Crippen molar-refractivity contribution in [1.29, 1.82) is 0 Å². The molecule has 3 rings (SSSR count). The molecule has 0 bridgehead atoms. The van der Waals surface area contributed by atoms with Gasteiger partial charge in [0.2, 0.25) is 0 Å². The molecular weight excluding hydrogens is 252 g/mol. The van der Waals surface area contributed by atoms with Crippen molar-refractivity contribution >= 4 is 0 Å². The lowest BCUT2D eigenvalue weighted by atomic mass is 9.95. The standard InChI is InChI=1S/C16H26N2O2/c1-13-10-14(17-4-2-16(19)3-5-17)12-15(11-13)18-6-8-20-9-7-18/h11-13,16,19H,2-10H2,1H3.